The van der Waals surface area contributed by atoms with Crippen molar-refractivity contribution in [3.8, 4) is 5.75 Å². The van der Waals surface area contributed by atoms with Gasteiger partial charge >= 0.3 is 0 Å². The number of carbonyl (C=O) groups excluding carboxylic acids is 2. The van der Waals surface area contributed by atoms with Crippen LogP contribution in [0.15, 0.2) is 24.3 Å². The van der Waals surface area contributed by atoms with E-state index in [4.69, 9.17) is 4.74 Å². The van der Waals surface area contributed by atoms with Crippen LogP contribution in [0.5, 0.6) is 5.75 Å². The normalized spacial score (nSPS) is 14.9. The molecule has 5 nitrogen and oxygen atoms in total. The topological polar surface area (TPSA) is 67.4 Å². The summed E-state index contributed by atoms with van der Waals surface area (Å²) in [6.45, 7) is 0.742. The van der Waals surface area contributed by atoms with Crippen LogP contribution in [0.4, 0.5) is 4.39 Å². The lowest BCUT2D eigenvalue weighted by Gasteiger charge is -2.20. The van der Waals surface area contributed by atoms with Crippen LogP contribution in [0.1, 0.15) is 38.5 Å². The standard InChI is InChI=1S/C18H25FN2O3/c19-15-9-4-5-10-16(15)24-12-6-11-20-17(22)13-21-18(23)14-7-2-1-3-8-14/h4-5,9-10,14H,1-3,6-8,11-13H2,(H,20,22)(H,21,23). The van der Waals surface area contributed by atoms with Gasteiger partial charge in [-0.3, -0.25) is 9.59 Å². The third kappa shape index (κ3) is 6.18. The number of amides is 2. The van der Waals surface area contributed by atoms with Gasteiger partial charge in [-0.25, -0.2) is 4.39 Å². The molecule has 132 valence electrons. The molecule has 6 heteroatoms. The molecule has 0 atom stereocenters. The van der Waals surface area contributed by atoms with Crippen LogP contribution >= 0.6 is 0 Å². The second kappa shape index (κ2) is 9.90. The molecule has 0 unspecified atom stereocenters. The molecular formula is C18H25FN2O3. The number of carbonyl (C=O) groups is 2. The quantitative estimate of drug-likeness (QED) is 0.717. The Morgan fingerprint density at radius 3 is 2.62 bits per heavy atom. The predicted octanol–water partition coefficient (Wildman–Crippen LogP) is 2.41. The summed E-state index contributed by atoms with van der Waals surface area (Å²) in [4.78, 5) is 23.6. The van der Waals surface area contributed by atoms with Gasteiger partial charge in [-0.1, -0.05) is 31.4 Å². The van der Waals surface area contributed by atoms with Gasteiger partial charge in [0.2, 0.25) is 11.8 Å². The van der Waals surface area contributed by atoms with Crippen LogP contribution in [0, 0.1) is 11.7 Å². The number of rotatable bonds is 8. The van der Waals surface area contributed by atoms with E-state index in [1.54, 1.807) is 18.2 Å². The first-order chi connectivity index (χ1) is 11.7. The molecule has 24 heavy (non-hydrogen) atoms. The molecule has 2 rings (SSSR count). The van der Waals surface area contributed by atoms with E-state index in [9.17, 15) is 14.0 Å². The van der Waals surface area contributed by atoms with Crippen molar-refractivity contribution in [1.82, 2.24) is 10.6 Å². The summed E-state index contributed by atoms with van der Waals surface area (Å²) in [5, 5.41) is 5.41. The molecule has 0 aromatic heterocycles. The average Bonchev–Trinajstić information content (AvgIpc) is 2.61. The van der Waals surface area contributed by atoms with E-state index in [0.717, 1.165) is 25.7 Å². The Balaban J connectivity index is 1.53. The highest BCUT2D eigenvalue weighted by Gasteiger charge is 2.21. The Kier molecular flexibility index (Phi) is 7.52. The fourth-order valence-electron chi connectivity index (χ4n) is 2.78. The summed E-state index contributed by atoms with van der Waals surface area (Å²) in [6, 6.07) is 6.21. The molecule has 1 fully saturated rings. The largest absolute Gasteiger partial charge is 0.490 e. The number of hydrogen-bond acceptors (Lipinski definition) is 3. The lowest BCUT2D eigenvalue weighted by molar-refractivity contribution is -0.129. The first-order valence-electron chi connectivity index (χ1n) is 8.58. The van der Waals surface area contributed by atoms with Crippen LogP contribution in [0.3, 0.4) is 0 Å². The molecule has 2 amide bonds. The maximum absolute atomic E-state index is 13.3. The lowest BCUT2D eigenvalue weighted by Crippen LogP contribution is -2.40. The summed E-state index contributed by atoms with van der Waals surface area (Å²) < 4.78 is 18.6. The highest BCUT2D eigenvalue weighted by molar-refractivity contribution is 5.85. The van der Waals surface area contributed by atoms with Crippen molar-refractivity contribution < 1.29 is 18.7 Å². The van der Waals surface area contributed by atoms with E-state index in [1.807, 2.05) is 0 Å². The van der Waals surface area contributed by atoms with Gasteiger partial charge in [0.1, 0.15) is 0 Å². The smallest absolute Gasteiger partial charge is 0.239 e. The van der Waals surface area contributed by atoms with Crippen LogP contribution in [0.25, 0.3) is 0 Å². The Morgan fingerprint density at radius 1 is 1.12 bits per heavy atom. The Hall–Kier alpha value is -2.11. The van der Waals surface area contributed by atoms with Gasteiger partial charge in [0.15, 0.2) is 11.6 Å². The van der Waals surface area contributed by atoms with Crippen LogP contribution in [-0.2, 0) is 9.59 Å². The van der Waals surface area contributed by atoms with Crippen LogP contribution < -0.4 is 15.4 Å². The Labute approximate surface area is 142 Å². The van der Waals surface area contributed by atoms with E-state index in [0.29, 0.717) is 19.6 Å². The van der Waals surface area contributed by atoms with Gasteiger partial charge in [0, 0.05) is 12.5 Å². The van der Waals surface area contributed by atoms with Crippen molar-refractivity contribution in [2.24, 2.45) is 5.92 Å². The molecule has 2 N–H and O–H groups in total. The van der Waals surface area contributed by atoms with Gasteiger partial charge in [0.05, 0.1) is 13.2 Å². The molecule has 0 aliphatic heterocycles. The van der Waals surface area contributed by atoms with E-state index in [2.05, 4.69) is 10.6 Å². The molecule has 1 saturated carbocycles. The van der Waals surface area contributed by atoms with E-state index in [1.165, 1.54) is 12.5 Å². The van der Waals surface area contributed by atoms with Crippen molar-refractivity contribution >= 4 is 11.8 Å². The van der Waals surface area contributed by atoms with E-state index >= 15 is 0 Å². The fourth-order valence-corrected chi connectivity index (χ4v) is 2.78. The summed E-state index contributed by atoms with van der Waals surface area (Å²) >= 11 is 0. The zero-order chi connectivity index (χ0) is 17.2. The number of ether oxygens (including phenoxy) is 1. The zero-order valence-corrected chi connectivity index (χ0v) is 13.9. The first kappa shape index (κ1) is 18.2. The summed E-state index contributed by atoms with van der Waals surface area (Å²) in [7, 11) is 0. The second-order valence-electron chi connectivity index (χ2n) is 6.04. The molecule has 1 aromatic carbocycles. The molecule has 1 aliphatic carbocycles. The Morgan fingerprint density at radius 2 is 1.88 bits per heavy atom. The van der Waals surface area contributed by atoms with Gasteiger partial charge in [-0.15, -0.1) is 0 Å². The van der Waals surface area contributed by atoms with Crippen molar-refractivity contribution in [3.63, 3.8) is 0 Å². The number of nitrogens with one attached hydrogen (secondary N) is 2. The van der Waals surface area contributed by atoms with Gasteiger partial charge in [-0.2, -0.15) is 0 Å². The second-order valence-corrected chi connectivity index (χ2v) is 6.04. The summed E-state index contributed by atoms with van der Waals surface area (Å²) in [5.74, 6) is -0.367. The third-order valence-corrected chi connectivity index (χ3v) is 4.14. The first-order valence-corrected chi connectivity index (χ1v) is 8.58. The lowest BCUT2D eigenvalue weighted by atomic mass is 9.89. The number of hydrogen-bond donors (Lipinski definition) is 2. The zero-order valence-electron chi connectivity index (χ0n) is 13.9. The number of para-hydroxylation sites is 1. The fraction of sp³-hybridized carbons (Fsp3) is 0.556. The summed E-state index contributed by atoms with van der Waals surface area (Å²) in [5.41, 5.74) is 0. The maximum atomic E-state index is 13.3. The van der Waals surface area contributed by atoms with E-state index < -0.39 is 5.82 Å². The minimum absolute atomic E-state index is 0.00348. The van der Waals surface area contributed by atoms with Crippen LogP contribution in [0.2, 0.25) is 0 Å². The average molecular weight is 336 g/mol. The third-order valence-electron chi connectivity index (χ3n) is 4.14. The molecule has 0 saturated heterocycles. The van der Waals surface area contributed by atoms with Crippen LogP contribution in [-0.4, -0.2) is 31.5 Å². The minimum atomic E-state index is -0.396. The van der Waals surface area contributed by atoms with Crippen molar-refractivity contribution in [2.75, 3.05) is 19.7 Å². The highest BCUT2D eigenvalue weighted by atomic mass is 19.1. The molecule has 0 bridgehead atoms. The minimum Gasteiger partial charge on any atom is -0.490 e. The van der Waals surface area contributed by atoms with Crippen molar-refractivity contribution in [3.05, 3.63) is 30.1 Å². The van der Waals surface area contributed by atoms with Gasteiger partial charge < -0.3 is 15.4 Å². The number of benzene rings is 1. The molecule has 0 heterocycles. The highest BCUT2D eigenvalue weighted by Crippen LogP contribution is 2.23. The van der Waals surface area contributed by atoms with Crippen molar-refractivity contribution in [2.45, 2.75) is 38.5 Å². The van der Waals surface area contributed by atoms with Gasteiger partial charge in [0.25, 0.3) is 0 Å². The summed E-state index contributed by atoms with van der Waals surface area (Å²) in [6.07, 6.45) is 5.77. The molecular weight excluding hydrogens is 311 g/mol. The monoisotopic (exact) mass is 336 g/mol. The Bertz CT molecular complexity index is 545. The van der Waals surface area contributed by atoms with E-state index in [-0.39, 0.29) is 30.0 Å². The molecule has 1 aliphatic rings. The SMILES string of the molecule is O=C(CNC(=O)C1CCCCC1)NCCCOc1ccccc1F. The molecule has 1 aromatic rings. The van der Waals surface area contributed by atoms with Crippen molar-refractivity contribution in [1.29, 1.82) is 0 Å². The maximum Gasteiger partial charge on any atom is 0.239 e. The predicted molar refractivity (Wildman–Crippen MR) is 89.1 cm³/mol. The molecule has 0 spiro atoms. The number of halogens is 1. The van der Waals surface area contributed by atoms with Gasteiger partial charge in [-0.05, 0) is 31.4 Å². The molecule has 0 radical (unpaired) electrons.